The highest BCUT2D eigenvalue weighted by Crippen LogP contribution is 2.23. The van der Waals surface area contributed by atoms with Crippen LogP contribution >= 0.6 is 0 Å². The fraction of sp³-hybridized carbons (Fsp3) is 0.444. The molecule has 0 radical (unpaired) electrons. The molecule has 1 aliphatic heterocycles. The third kappa shape index (κ3) is 3.62. The first-order valence-corrected chi connectivity index (χ1v) is 8.27. The van der Waals surface area contributed by atoms with Crippen molar-refractivity contribution in [3.63, 3.8) is 0 Å². The molecule has 2 unspecified atom stereocenters. The fourth-order valence-electron chi connectivity index (χ4n) is 3.15. The third-order valence-electron chi connectivity index (χ3n) is 4.38. The molecule has 1 aromatic carbocycles. The Morgan fingerprint density at radius 1 is 1.39 bits per heavy atom. The summed E-state index contributed by atoms with van der Waals surface area (Å²) in [6, 6.07) is 9.87. The van der Waals surface area contributed by atoms with Gasteiger partial charge in [0, 0.05) is 25.5 Å². The molecule has 0 saturated carbocycles. The van der Waals surface area contributed by atoms with E-state index < -0.39 is 0 Å². The average molecular weight is 313 g/mol. The smallest absolute Gasteiger partial charge is 0.226 e. The van der Waals surface area contributed by atoms with Crippen molar-refractivity contribution in [3.8, 4) is 5.69 Å². The summed E-state index contributed by atoms with van der Waals surface area (Å²) in [4.78, 5) is 12.5. The fourth-order valence-corrected chi connectivity index (χ4v) is 3.15. The van der Waals surface area contributed by atoms with Crippen LogP contribution in [0.4, 0.5) is 0 Å². The van der Waals surface area contributed by atoms with Gasteiger partial charge in [0.2, 0.25) is 5.91 Å². The number of para-hydroxylation sites is 1. The van der Waals surface area contributed by atoms with E-state index in [0.29, 0.717) is 6.54 Å². The number of amides is 1. The number of hydrogen-bond donors (Lipinski definition) is 1. The van der Waals surface area contributed by atoms with Gasteiger partial charge in [-0.25, -0.2) is 4.68 Å². The van der Waals surface area contributed by atoms with Crippen LogP contribution in [0.25, 0.3) is 5.69 Å². The molecule has 23 heavy (non-hydrogen) atoms. The Morgan fingerprint density at radius 3 is 3.04 bits per heavy atom. The van der Waals surface area contributed by atoms with E-state index in [1.807, 2.05) is 41.2 Å². The molecule has 1 fully saturated rings. The zero-order valence-corrected chi connectivity index (χ0v) is 13.4. The van der Waals surface area contributed by atoms with E-state index in [-0.39, 0.29) is 17.9 Å². The van der Waals surface area contributed by atoms with Gasteiger partial charge in [0.15, 0.2) is 0 Å². The summed E-state index contributed by atoms with van der Waals surface area (Å²) in [6.07, 6.45) is 6.44. The van der Waals surface area contributed by atoms with Crippen LogP contribution in [-0.4, -0.2) is 28.4 Å². The van der Waals surface area contributed by atoms with Gasteiger partial charge in [-0.05, 0) is 37.0 Å². The summed E-state index contributed by atoms with van der Waals surface area (Å²) in [6.45, 7) is 3.34. The lowest BCUT2D eigenvalue weighted by molar-refractivity contribution is -0.134. The Balaban J connectivity index is 1.68. The molecule has 1 N–H and O–H groups in total. The van der Waals surface area contributed by atoms with Crippen LogP contribution in [0.3, 0.4) is 0 Å². The standard InChI is InChI=1S/C18H23N3O2/c1-2-17-15(8-5-12-23-17)18(22)19-13-14-7-3-4-9-16(14)21-11-6-10-20-21/h3-4,6-7,9-11,15,17H,2,5,8,12-13H2,1H3,(H,19,22). The number of carbonyl (C=O) groups is 1. The van der Waals surface area contributed by atoms with Gasteiger partial charge < -0.3 is 10.1 Å². The van der Waals surface area contributed by atoms with E-state index in [2.05, 4.69) is 17.3 Å². The van der Waals surface area contributed by atoms with Gasteiger partial charge in [-0.1, -0.05) is 25.1 Å². The van der Waals surface area contributed by atoms with Crippen LogP contribution in [0, 0.1) is 5.92 Å². The van der Waals surface area contributed by atoms with Crippen LogP contribution in [0.15, 0.2) is 42.7 Å². The Kier molecular flexibility index (Phi) is 5.08. The Morgan fingerprint density at radius 2 is 2.26 bits per heavy atom. The number of nitrogens with zero attached hydrogens (tertiary/aromatic N) is 2. The van der Waals surface area contributed by atoms with Crippen LogP contribution in [0.1, 0.15) is 31.7 Å². The maximum atomic E-state index is 12.5. The maximum absolute atomic E-state index is 12.5. The number of carbonyl (C=O) groups excluding carboxylic acids is 1. The summed E-state index contributed by atoms with van der Waals surface area (Å²) in [7, 11) is 0. The van der Waals surface area contributed by atoms with E-state index in [0.717, 1.165) is 37.1 Å². The normalized spacial score (nSPS) is 21.1. The van der Waals surface area contributed by atoms with Gasteiger partial charge in [0.05, 0.1) is 17.7 Å². The van der Waals surface area contributed by atoms with E-state index >= 15 is 0 Å². The molecule has 0 spiro atoms. The molecule has 2 aromatic rings. The SMILES string of the molecule is CCC1OCCCC1C(=O)NCc1ccccc1-n1cccn1. The van der Waals surface area contributed by atoms with Crippen molar-refractivity contribution in [2.24, 2.45) is 5.92 Å². The minimum Gasteiger partial charge on any atom is -0.377 e. The number of benzene rings is 1. The average Bonchev–Trinajstić information content (AvgIpc) is 3.14. The molecule has 5 nitrogen and oxygen atoms in total. The topological polar surface area (TPSA) is 56.1 Å². The molecule has 1 aliphatic rings. The van der Waals surface area contributed by atoms with E-state index in [9.17, 15) is 4.79 Å². The second kappa shape index (κ2) is 7.42. The molecule has 1 aromatic heterocycles. The number of aromatic nitrogens is 2. The molecule has 122 valence electrons. The predicted molar refractivity (Wildman–Crippen MR) is 88.2 cm³/mol. The lowest BCUT2D eigenvalue weighted by Gasteiger charge is -2.30. The zero-order valence-electron chi connectivity index (χ0n) is 13.4. The molecule has 1 saturated heterocycles. The summed E-state index contributed by atoms with van der Waals surface area (Å²) < 4.78 is 7.54. The van der Waals surface area contributed by atoms with Gasteiger partial charge in [-0.2, -0.15) is 5.10 Å². The second-order valence-corrected chi connectivity index (χ2v) is 5.86. The molecular formula is C18H23N3O2. The second-order valence-electron chi connectivity index (χ2n) is 5.86. The summed E-state index contributed by atoms with van der Waals surface area (Å²) in [5, 5.41) is 7.35. The predicted octanol–water partition coefficient (Wildman–Crippen LogP) is 2.69. The molecule has 5 heteroatoms. The largest absolute Gasteiger partial charge is 0.377 e. The van der Waals surface area contributed by atoms with Crippen molar-refractivity contribution in [2.45, 2.75) is 38.8 Å². The summed E-state index contributed by atoms with van der Waals surface area (Å²) in [5.74, 6) is 0.0532. The monoisotopic (exact) mass is 313 g/mol. The molecular weight excluding hydrogens is 290 g/mol. The van der Waals surface area contributed by atoms with Gasteiger partial charge in [0.1, 0.15) is 0 Å². The first kappa shape index (κ1) is 15.7. The van der Waals surface area contributed by atoms with Crippen molar-refractivity contribution in [2.75, 3.05) is 6.61 Å². The first-order valence-electron chi connectivity index (χ1n) is 8.27. The number of hydrogen-bond acceptors (Lipinski definition) is 3. The zero-order chi connectivity index (χ0) is 16.1. The quantitative estimate of drug-likeness (QED) is 0.923. The lowest BCUT2D eigenvalue weighted by Crippen LogP contribution is -2.41. The van der Waals surface area contributed by atoms with Crippen molar-refractivity contribution in [1.29, 1.82) is 0 Å². The minimum atomic E-state index is -0.0365. The van der Waals surface area contributed by atoms with Crippen LogP contribution in [-0.2, 0) is 16.1 Å². The number of nitrogens with one attached hydrogen (secondary N) is 1. The molecule has 3 rings (SSSR count). The van der Waals surface area contributed by atoms with Crippen molar-refractivity contribution in [3.05, 3.63) is 48.3 Å². The van der Waals surface area contributed by atoms with Crippen molar-refractivity contribution in [1.82, 2.24) is 15.1 Å². The van der Waals surface area contributed by atoms with Crippen LogP contribution in [0.5, 0.6) is 0 Å². The molecule has 1 amide bonds. The number of rotatable bonds is 5. The molecule has 0 aliphatic carbocycles. The van der Waals surface area contributed by atoms with E-state index in [4.69, 9.17) is 4.74 Å². The van der Waals surface area contributed by atoms with Crippen molar-refractivity contribution < 1.29 is 9.53 Å². The Bertz CT molecular complexity index is 639. The highest BCUT2D eigenvalue weighted by molar-refractivity contribution is 5.79. The third-order valence-corrected chi connectivity index (χ3v) is 4.38. The van der Waals surface area contributed by atoms with Crippen molar-refractivity contribution >= 4 is 5.91 Å². The number of ether oxygens (including phenoxy) is 1. The Hall–Kier alpha value is -2.14. The van der Waals surface area contributed by atoms with Crippen LogP contribution in [0.2, 0.25) is 0 Å². The van der Waals surface area contributed by atoms with E-state index in [1.54, 1.807) is 6.20 Å². The maximum Gasteiger partial charge on any atom is 0.226 e. The summed E-state index contributed by atoms with van der Waals surface area (Å²) >= 11 is 0. The van der Waals surface area contributed by atoms with Gasteiger partial charge in [-0.15, -0.1) is 0 Å². The molecule has 2 atom stereocenters. The molecule has 0 bridgehead atoms. The van der Waals surface area contributed by atoms with Gasteiger partial charge in [-0.3, -0.25) is 4.79 Å². The highest BCUT2D eigenvalue weighted by Gasteiger charge is 2.30. The molecule has 2 heterocycles. The first-order chi connectivity index (χ1) is 11.3. The van der Waals surface area contributed by atoms with Crippen LogP contribution < -0.4 is 5.32 Å². The van der Waals surface area contributed by atoms with Gasteiger partial charge >= 0.3 is 0 Å². The minimum absolute atomic E-state index is 0.0365. The van der Waals surface area contributed by atoms with Gasteiger partial charge in [0.25, 0.3) is 0 Å². The highest BCUT2D eigenvalue weighted by atomic mass is 16.5. The lowest BCUT2D eigenvalue weighted by atomic mass is 9.92. The summed E-state index contributed by atoms with van der Waals surface area (Å²) in [5.41, 5.74) is 2.04. The van der Waals surface area contributed by atoms with E-state index in [1.165, 1.54) is 0 Å². The Labute approximate surface area is 136 Å².